The van der Waals surface area contributed by atoms with Crippen molar-refractivity contribution in [2.75, 3.05) is 19.7 Å². The van der Waals surface area contributed by atoms with Crippen molar-refractivity contribution in [1.82, 2.24) is 24.4 Å². The number of nitrogens with zero attached hydrogens (tertiary/aromatic N) is 5. The molecule has 1 amide bonds. The SMILES string of the molecule is N#CC[C@H]1CC[C@H](n2c(CC(=O)N3CCC(CO)CC3)nc3cnc4[nH]ccc4c32)CC1. The maximum absolute atomic E-state index is 13.2. The van der Waals surface area contributed by atoms with Crippen LogP contribution in [0.5, 0.6) is 0 Å². The number of aromatic amines is 1. The minimum atomic E-state index is 0.106. The van der Waals surface area contributed by atoms with Crippen molar-refractivity contribution < 1.29 is 9.90 Å². The van der Waals surface area contributed by atoms with Crippen molar-refractivity contribution in [1.29, 1.82) is 5.26 Å². The van der Waals surface area contributed by atoms with E-state index in [-0.39, 0.29) is 25.0 Å². The van der Waals surface area contributed by atoms with E-state index in [4.69, 9.17) is 10.2 Å². The van der Waals surface area contributed by atoms with Crippen molar-refractivity contribution >= 4 is 28.0 Å². The number of hydrogen-bond donors (Lipinski definition) is 2. The normalized spacial score (nSPS) is 22.4. The molecule has 0 unspecified atom stereocenters. The topological polar surface area (TPSA) is 111 Å². The summed E-state index contributed by atoms with van der Waals surface area (Å²) in [5.41, 5.74) is 2.72. The molecule has 8 heteroatoms. The minimum Gasteiger partial charge on any atom is -0.396 e. The van der Waals surface area contributed by atoms with Crippen molar-refractivity contribution in [3.63, 3.8) is 0 Å². The summed E-state index contributed by atoms with van der Waals surface area (Å²) in [5.74, 6) is 1.70. The first-order valence-electron chi connectivity index (χ1n) is 11.8. The number of fused-ring (bicyclic) bond motifs is 3. The Labute approximate surface area is 187 Å². The molecule has 2 fully saturated rings. The molecule has 2 aliphatic rings. The third-order valence-corrected chi connectivity index (χ3v) is 7.40. The van der Waals surface area contributed by atoms with E-state index in [1.807, 2.05) is 17.2 Å². The first-order chi connectivity index (χ1) is 15.7. The van der Waals surface area contributed by atoms with E-state index in [1.165, 1.54) is 0 Å². The van der Waals surface area contributed by atoms with Gasteiger partial charge in [0, 0.05) is 43.7 Å². The number of rotatable bonds is 5. The standard InChI is InChI=1S/C24H30N6O2/c25-9-5-16-1-3-18(4-2-16)30-21(13-22(32)29-11-7-17(15-31)8-12-29)28-20-14-27-24-19(23(20)30)6-10-26-24/h6,10,14,16-18,31H,1-5,7-8,11-13,15H2,(H,26,27)/t16-,18-. The Morgan fingerprint density at radius 2 is 1.97 bits per heavy atom. The Bertz CT molecular complexity index is 1140. The van der Waals surface area contributed by atoms with Gasteiger partial charge in [0.2, 0.25) is 5.91 Å². The molecule has 0 atom stereocenters. The molecule has 3 aromatic rings. The zero-order chi connectivity index (χ0) is 22.1. The summed E-state index contributed by atoms with van der Waals surface area (Å²) in [4.78, 5) is 27.7. The molecule has 5 rings (SSSR count). The van der Waals surface area contributed by atoms with Gasteiger partial charge in [-0.05, 0) is 56.4 Å². The molecule has 32 heavy (non-hydrogen) atoms. The molecular formula is C24H30N6O2. The highest BCUT2D eigenvalue weighted by Gasteiger charge is 2.29. The van der Waals surface area contributed by atoms with E-state index < -0.39 is 0 Å². The number of hydrogen-bond acceptors (Lipinski definition) is 5. The van der Waals surface area contributed by atoms with Gasteiger partial charge in [0.1, 0.15) is 17.0 Å². The predicted molar refractivity (Wildman–Crippen MR) is 121 cm³/mol. The van der Waals surface area contributed by atoms with Crippen molar-refractivity contribution in [2.24, 2.45) is 11.8 Å². The molecule has 168 valence electrons. The fourth-order valence-electron chi connectivity index (χ4n) is 5.51. The Kier molecular flexibility index (Phi) is 5.83. The van der Waals surface area contributed by atoms with Crippen molar-refractivity contribution in [3.05, 3.63) is 24.3 Å². The van der Waals surface area contributed by atoms with Crippen LogP contribution in [0.4, 0.5) is 0 Å². The van der Waals surface area contributed by atoms with Crippen molar-refractivity contribution in [3.8, 4) is 6.07 Å². The van der Waals surface area contributed by atoms with Crippen LogP contribution in [-0.4, -0.2) is 55.1 Å². The van der Waals surface area contributed by atoms with E-state index in [0.29, 0.717) is 31.3 Å². The molecule has 1 aliphatic heterocycles. The van der Waals surface area contributed by atoms with E-state index >= 15 is 0 Å². The summed E-state index contributed by atoms with van der Waals surface area (Å²) in [5, 5.41) is 19.5. The lowest BCUT2D eigenvalue weighted by Gasteiger charge is -2.32. The first kappa shape index (κ1) is 21.0. The zero-order valence-corrected chi connectivity index (χ0v) is 18.3. The van der Waals surface area contributed by atoms with Gasteiger partial charge in [-0.2, -0.15) is 5.26 Å². The Morgan fingerprint density at radius 3 is 2.69 bits per heavy atom. The summed E-state index contributed by atoms with van der Waals surface area (Å²) in [6, 6.07) is 4.63. The van der Waals surface area contributed by atoms with Gasteiger partial charge < -0.3 is 19.6 Å². The molecule has 0 radical (unpaired) electrons. The lowest BCUT2D eigenvalue weighted by Crippen LogP contribution is -2.40. The number of pyridine rings is 1. The second-order valence-electron chi connectivity index (χ2n) is 9.35. The average molecular weight is 435 g/mol. The number of H-pyrrole nitrogens is 1. The number of aliphatic hydroxyl groups excluding tert-OH is 1. The smallest absolute Gasteiger partial charge is 0.230 e. The van der Waals surface area contributed by atoms with Crippen molar-refractivity contribution in [2.45, 2.75) is 57.4 Å². The van der Waals surface area contributed by atoms with E-state index in [2.05, 4.69) is 20.6 Å². The highest BCUT2D eigenvalue weighted by molar-refractivity contribution is 6.01. The van der Waals surface area contributed by atoms with Crippen LogP contribution in [0.25, 0.3) is 22.1 Å². The maximum Gasteiger partial charge on any atom is 0.230 e. The number of piperidine rings is 1. The lowest BCUT2D eigenvalue weighted by atomic mass is 9.84. The van der Waals surface area contributed by atoms with Crippen LogP contribution in [0.2, 0.25) is 0 Å². The quantitative estimate of drug-likeness (QED) is 0.640. The number of likely N-dealkylation sites (tertiary alicyclic amines) is 1. The summed E-state index contributed by atoms with van der Waals surface area (Å²) in [6.07, 6.45) is 10.4. The molecule has 4 heterocycles. The monoisotopic (exact) mass is 434 g/mol. The van der Waals surface area contributed by atoms with Crippen LogP contribution >= 0.6 is 0 Å². The molecule has 0 bridgehead atoms. The number of nitriles is 1. The number of amides is 1. The number of imidazole rings is 1. The maximum atomic E-state index is 13.2. The highest BCUT2D eigenvalue weighted by Crippen LogP contribution is 2.38. The third-order valence-electron chi connectivity index (χ3n) is 7.40. The summed E-state index contributed by atoms with van der Waals surface area (Å²) >= 11 is 0. The summed E-state index contributed by atoms with van der Waals surface area (Å²) < 4.78 is 2.30. The average Bonchev–Trinajstić information content (AvgIpc) is 3.44. The molecule has 2 N–H and O–H groups in total. The van der Waals surface area contributed by atoms with Crippen LogP contribution in [-0.2, 0) is 11.2 Å². The van der Waals surface area contributed by atoms with Gasteiger partial charge in [-0.15, -0.1) is 0 Å². The van der Waals surface area contributed by atoms with Gasteiger partial charge in [0.05, 0.1) is 24.2 Å². The second kappa shape index (κ2) is 8.91. The van der Waals surface area contributed by atoms with Gasteiger partial charge in [-0.1, -0.05) is 0 Å². The minimum absolute atomic E-state index is 0.106. The van der Waals surface area contributed by atoms with Crippen LogP contribution in [0.1, 0.15) is 56.8 Å². The zero-order valence-electron chi connectivity index (χ0n) is 18.3. The molecule has 0 spiro atoms. The first-order valence-corrected chi connectivity index (χ1v) is 11.8. The Morgan fingerprint density at radius 1 is 1.19 bits per heavy atom. The number of carbonyl (C=O) groups is 1. The van der Waals surface area contributed by atoms with Gasteiger partial charge in [0.15, 0.2) is 0 Å². The van der Waals surface area contributed by atoms with E-state index in [0.717, 1.165) is 66.4 Å². The van der Waals surface area contributed by atoms with E-state index in [1.54, 1.807) is 6.20 Å². The number of aliphatic hydroxyl groups is 1. The molecule has 0 aromatic carbocycles. The largest absolute Gasteiger partial charge is 0.396 e. The predicted octanol–water partition coefficient (Wildman–Crippen LogP) is 3.33. The second-order valence-corrected chi connectivity index (χ2v) is 9.35. The molecule has 3 aromatic heterocycles. The van der Waals surface area contributed by atoms with E-state index in [9.17, 15) is 9.90 Å². The Hall–Kier alpha value is -2.92. The van der Waals surface area contributed by atoms with Crippen LogP contribution in [0.15, 0.2) is 18.5 Å². The third kappa shape index (κ3) is 3.86. The highest BCUT2D eigenvalue weighted by atomic mass is 16.3. The van der Waals surface area contributed by atoms with Crippen LogP contribution < -0.4 is 0 Å². The van der Waals surface area contributed by atoms with Crippen LogP contribution in [0.3, 0.4) is 0 Å². The molecule has 1 aliphatic carbocycles. The molecular weight excluding hydrogens is 404 g/mol. The van der Waals surface area contributed by atoms with Gasteiger partial charge in [-0.25, -0.2) is 9.97 Å². The van der Waals surface area contributed by atoms with Gasteiger partial charge >= 0.3 is 0 Å². The summed E-state index contributed by atoms with van der Waals surface area (Å²) in [6.45, 7) is 1.60. The number of carbonyl (C=O) groups excluding carboxylic acids is 1. The Balaban J connectivity index is 1.46. The number of aromatic nitrogens is 4. The van der Waals surface area contributed by atoms with Crippen LogP contribution in [0, 0.1) is 23.2 Å². The molecule has 1 saturated heterocycles. The molecule has 8 nitrogen and oxygen atoms in total. The van der Waals surface area contributed by atoms with Gasteiger partial charge in [-0.3, -0.25) is 4.79 Å². The number of nitrogens with one attached hydrogen (secondary N) is 1. The lowest BCUT2D eigenvalue weighted by molar-refractivity contribution is -0.132. The van der Waals surface area contributed by atoms with Gasteiger partial charge in [0.25, 0.3) is 0 Å². The fraction of sp³-hybridized carbons (Fsp3) is 0.583. The summed E-state index contributed by atoms with van der Waals surface area (Å²) in [7, 11) is 0. The molecule has 1 saturated carbocycles. The fourth-order valence-corrected chi connectivity index (χ4v) is 5.51.